The lowest BCUT2D eigenvalue weighted by Crippen LogP contribution is -2.29. The van der Waals surface area contributed by atoms with Gasteiger partial charge in [-0.05, 0) is 70.0 Å². The highest BCUT2D eigenvalue weighted by Gasteiger charge is 2.34. The molecule has 0 aliphatic heterocycles. The van der Waals surface area contributed by atoms with Gasteiger partial charge in [-0.15, -0.1) is 0 Å². The van der Waals surface area contributed by atoms with Crippen LogP contribution in [0.1, 0.15) is 31.9 Å². The van der Waals surface area contributed by atoms with Gasteiger partial charge in [-0.25, -0.2) is 4.39 Å². The second kappa shape index (κ2) is 5.69. The summed E-state index contributed by atoms with van der Waals surface area (Å²) >= 11 is 2.33. The number of H-pyrrole nitrogens is 1. The highest BCUT2D eigenvalue weighted by molar-refractivity contribution is 14.1. The fourth-order valence-corrected chi connectivity index (χ4v) is 3.48. The van der Waals surface area contributed by atoms with Gasteiger partial charge in [0.15, 0.2) is 0 Å². The molecule has 1 heterocycles. The number of nitrogens with one attached hydrogen (secondary N) is 1. The third kappa shape index (κ3) is 2.45. The summed E-state index contributed by atoms with van der Waals surface area (Å²) in [5, 5.41) is 1.09. The van der Waals surface area contributed by atoms with Gasteiger partial charge >= 0.3 is 0 Å². The van der Waals surface area contributed by atoms with Crippen molar-refractivity contribution in [1.29, 1.82) is 0 Å². The van der Waals surface area contributed by atoms with Crippen molar-refractivity contribution in [2.75, 3.05) is 0 Å². The molecule has 1 nitrogen and oxygen atoms in total. The zero-order chi connectivity index (χ0) is 15.9. The standard InChI is InChI=1S/C19H19FIN/c1-12(2)19(3,13-4-7-15(21)8-5-13)17-11-22-18-10-14(20)6-9-16(17)18/h4-12,22H,1-3H3. The van der Waals surface area contributed by atoms with Gasteiger partial charge < -0.3 is 4.98 Å². The average Bonchev–Trinajstić information content (AvgIpc) is 2.90. The molecule has 1 atom stereocenters. The highest BCUT2D eigenvalue weighted by atomic mass is 127. The molecule has 0 saturated heterocycles. The fraction of sp³-hybridized carbons (Fsp3) is 0.263. The summed E-state index contributed by atoms with van der Waals surface area (Å²) in [6, 6.07) is 13.7. The normalized spacial score (nSPS) is 14.5. The van der Waals surface area contributed by atoms with Crippen LogP contribution < -0.4 is 0 Å². The maximum Gasteiger partial charge on any atom is 0.125 e. The lowest BCUT2D eigenvalue weighted by Gasteiger charge is -2.34. The van der Waals surface area contributed by atoms with Crippen LogP contribution >= 0.6 is 22.6 Å². The Morgan fingerprint density at radius 1 is 1.09 bits per heavy atom. The smallest absolute Gasteiger partial charge is 0.125 e. The summed E-state index contributed by atoms with van der Waals surface area (Å²) in [7, 11) is 0. The zero-order valence-electron chi connectivity index (χ0n) is 13.0. The van der Waals surface area contributed by atoms with Gasteiger partial charge in [0.2, 0.25) is 0 Å². The highest BCUT2D eigenvalue weighted by Crippen LogP contribution is 2.42. The number of hydrogen-bond acceptors (Lipinski definition) is 0. The number of hydrogen-bond donors (Lipinski definition) is 1. The van der Waals surface area contributed by atoms with E-state index < -0.39 is 0 Å². The van der Waals surface area contributed by atoms with Crippen molar-refractivity contribution in [3.63, 3.8) is 0 Å². The molecule has 3 aromatic rings. The Morgan fingerprint density at radius 3 is 2.41 bits per heavy atom. The number of fused-ring (bicyclic) bond motifs is 1. The van der Waals surface area contributed by atoms with Crippen LogP contribution in [0.3, 0.4) is 0 Å². The summed E-state index contributed by atoms with van der Waals surface area (Å²) in [5.41, 5.74) is 3.24. The van der Waals surface area contributed by atoms with Gasteiger partial charge in [0, 0.05) is 26.1 Å². The molecule has 0 saturated carbocycles. The van der Waals surface area contributed by atoms with Crippen molar-refractivity contribution in [2.45, 2.75) is 26.2 Å². The molecule has 0 fully saturated rings. The summed E-state index contributed by atoms with van der Waals surface area (Å²) in [6.45, 7) is 6.74. The average molecular weight is 407 g/mol. The van der Waals surface area contributed by atoms with Gasteiger partial charge in [-0.3, -0.25) is 0 Å². The molecule has 1 unspecified atom stereocenters. The second-order valence-electron chi connectivity index (χ2n) is 6.26. The lowest BCUT2D eigenvalue weighted by molar-refractivity contribution is 0.408. The molecule has 0 amide bonds. The first-order valence-corrected chi connectivity index (χ1v) is 8.54. The molecule has 1 aromatic heterocycles. The van der Waals surface area contributed by atoms with Crippen molar-refractivity contribution in [3.05, 3.63) is 69.2 Å². The predicted molar refractivity (Wildman–Crippen MR) is 98.7 cm³/mol. The number of benzene rings is 2. The van der Waals surface area contributed by atoms with Crippen LogP contribution in [0.5, 0.6) is 0 Å². The number of aromatic nitrogens is 1. The molecule has 2 aromatic carbocycles. The maximum atomic E-state index is 13.4. The van der Waals surface area contributed by atoms with Gasteiger partial charge in [0.25, 0.3) is 0 Å². The van der Waals surface area contributed by atoms with Crippen molar-refractivity contribution in [1.82, 2.24) is 4.98 Å². The first kappa shape index (κ1) is 15.5. The van der Waals surface area contributed by atoms with E-state index in [1.54, 1.807) is 6.07 Å². The van der Waals surface area contributed by atoms with Crippen molar-refractivity contribution < 1.29 is 4.39 Å². The van der Waals surface area contributed by atoms with E-state index in [0.29, 0.717) is 5.92 Å². The van der Waals surface area contributed by atoms with Gasteiger partial charge in [0.05, 0.1) is 0 Å². The number of aromatic amines is 1. The molecule has 114 valence electrons. The van der Waals surface area contributed by atoms with Crippen molar-refractivity contribution >= 4 is 33.5 Å². The molecule has 22 heavy (non-hydrogen) atoms. The Kier molecular flexibility index (Phi) is 4.02. The van der Waals surface area contributed by atoms with E-state index in [0.717, 1.165) is 10.9 Å². The SMILES string of the molecule is CC(C)C(C)(c1ccc(I)cc1)c1c[nH]c2cc(F)ccc12. The third-order valence-corrected chi connectivity index (χ3v) is 5.52. The third-order valence-electron chi connectivity index (χ3n) is 4.80. The first-order valence-electron chi connectivity index (χ1n) is 7.46. The summed E-state index contributed by atoms with van der Waals surface area (Å²) in [4.78, 5) is 3.23. The topological polar surface area (TPSA) is 15.8 Å². The summed E-state index contributed by atoms with van der Waals surface area (Å²) < 4.78 is 14.7. The molecule has 3 heteroatoms. The Balaban J connectivity index is 2.23. The molecule has 0 radical (unpaired) electrons. The predicted octanol–water partition coefficient (Wildman–Crippen LogP) is 5.87. The molecule has 1 N–H and O–H groups in total. The summed E-state index contributed by atoms with van der Waals surface area (Å²) in [5.74, 6) is 0.207. The molecule has 0 aliphatic rings. The van der Waals surface area contributed by atoms with Crippen LogP contribution in [0, 0.1) is 15.3 Å². The van der Waals surface area contributed by atoms with Crippen LogP contribution in [0.25, 0.3) is 10.9 Å². The van der Waals surface area contributed by atoms with Gasteiger partial charge in [0.1, 0.15) is 5.82 Å². The molecular formula is C19H19FIN. The first-order chi connectivity index (χ1) is 10.4. The molecule has 0 bridgehead atoms. The van der Waals surface area contributed by atoms with E-state index in [-0.39, 0.29) is 11.2 Å². The van der Waals surface area contributed by atoms with Crippen molar-refractivity contribution in [3.8, 4) is 0 Å². The minimum absolute atomic E-state index is 0.125. The monoisotopic (exact) mass is 407 g/mol. The minimum Gasteiger partial charge on any atom is -0.361 e. The van der Waals surface area contributed by atoms with E-state index in [1.807, 2.05) is 12.3 Å². The van der Waals surface area contributed by atoms with E-state index >= 15 is 0 Å². The largest absolute Gasteiger partial charge is 0.361 e. The number of rotatable bonds is 3. The molecular weight excluding hydrogens is 388 g/mol. The second-order valence-corrected chi connectivity index (χ2v) is 7.50. The zero-order valence-corrected chi connectivity index (χ0v) is 15.1. The Hall–Kier alpha value is -1.36. The van der Waals surface area contributed by atoms with E-state index in [1.165, 1.54) is 20.8 Å². The molecule has 0 aliphatic carbocycles. The Morgan fingerprint density at radius 2 is 1.77 bits per heavy atom. The Bertz CT molecular complexity index is 804. The summed E-state index contributed by atoms with van der Waals surface area (Å²) in [6.07, 6.45) is 2.03. The number of halogens is 2. The van der Waals surface area contributed by atoms with Crippen LogP contribution in [0.4, 0.5) is 4.39 Å². The maximum absolute atomic E-state index is 13.4. The van der Waals surface area contributed by atoms with Gasteiger partial charge in [-0.1, -0.05) is 32.9 Å². The minimum atomic E-state index is -0.207. The van der Waals surface area contributed by atoms with Gasteiger partial charge in [-0.2, -0.15) is 0 Å². The van der Waals surface area contributed by atoms with Crippen LogP contribution in [-0.2, 0) is 5.41 Å². The van der Waals surface area contributed by atoms with Crippen molar-refractivity contribution in [2.24, 2.45) is 5.92 Å². The van der Waals surface area contributed by atoms with E-state index in [9.17, 15) is 4.39 Å². The van der Waals surface area contributed by atoms with Crippen LogP contribution in [-0.4, -0.2) is 4.98 Å². The fourth-order valence-electron chi connectivity index (χ4n) is 3.12. The molecule has 0 spiro atoms. The molecule has 3 rings (SSSR count). The van der Waals surface area contributed by atoms with E-state index in [2.05, 4.69) is 72.6 Å². The quantitative estimate of drug-likeness (QED) is 0.523. The Labute approximate surface area is 144 Å². The van der Waals surface area contributed by atoms with Crippen LogP contribution in [0.15, 0.2) is 48.7 Å². The van der Waals surface area contributed by atoms with E-state index in [4.69, 9.17) is 0 Å². The lowest BCUT2D eigenvalue weighted by atomic mass is 9.68. The van der Waals surface area contributed by atoms with Crippen LogP contribution in [0.2, 0.25) is 0 Å².